The van der Waals surface area contributed by atoms with Gasteiger partial charge in [0.2, 0.25) is 0 Å². The van der Waals surface area contributed by atoms with Crippen LogP contribution in [0, 0.1) is 11.3 Å². The Balaban J connectivity index is 2.82. The van der Waals surface area contributed by atoms with Crippen molar-refractivity contribution in [3.8, 4) is 11.8 Å². The lowest BCUT2D eigenvalue weighted by Crippen LogP contribution is -2.38. The van der Waals surface area contributed by atoms with Gasteiger partial charge in [-0.25, -0.2) is 0 Å². The Morgan fingerprint density at radius 3 is 2.62 bits per heavy atom. The van der Waals surface area contributed by atoms with Crippen LogP contribution in [0.3, 0.4) is 0 Å². The molecule has 0 aliphatic rings. The highest BCUT2D eigenvalue weighted by Gasteiger charge is 2.35. The fourth-order valence-electron chi connectivity index (χ4n) is 1.68. The predicted octanol–water partition coefficient (Wildman–Crippen LogP) is 2.84. The highest BCUT2D eigenvalue weighted by Crippen LogP contribution is 2.36. The summed E-state index contributed by atoms with van der Waals surface area (Å²) in [5, 5.41) is 8.45. The lowest BCUT2D eigenvalue weighted by molar-refractivity contribution is -0.142. The first-order valence-corrected chi connectivity index (χ1v) is 6.22. The molecule has 1 aromatic rings. The number of hydrogen-bond acceptors (Lipinski definition) is 3. The van der Waals surface area contributed by atoms with Gasteiger partial charge in [0.25, 0.3) is 5.91 Å². The standard InChI is InChI=1S/C14H15F3N2O2/c1-10(13(20)19(2)9-5-8-18)21-12-7-4-3-6-11(12)14(15,16)17/h3-4,6-7,10H,5,9H2,1-2H3/t10-/m0/s1. The molecule has 0 N–H and O–H groups in total. The molecule has 0 aliphatic carbocycles. The van der Waals surface area contributed by atoms with E-state index in [2.05, 4.69) is 0 Å². The Morgan fingerprint density at radius 1 is 1.43 bits per heavy atom. The topological polar surface area (TPSA) is 53.3 Å². The number of likely N-dealkylation sites (N-methyl/N-ethyl adjacent to an activating group) is 1. The van der Waals surface area contributed by atoms with Crippen molar-refractivity contribution >= 4 is 5.91 Å². The second kappa shape index (κ2) is 6.97. The number of ether oxygens (including phenoxy) is 1. The molecular formula is C14H15F3N2O2. The van der Waals surface area contributed by atoms with Crippen molar-refractivity contribution in [2.45, 2.75) is 25.6 Å². The number of alkyl halides is 3. The van der Waals surface area contributed by atoms with Crippen LogP contribution in [0.2, 0.25) is 0 Å². The van der Waals surface area contributed by atoms with Crippen LogP contribution in [0.5, 0.6) is 5.75 Å². The number of hydrogen-bond donors (Lipinski definition) is 0. The molecule has 1 aromatic carbocycles. The van der Waals surface area contributed by atoms with Crippen LogP contribution in [-0.4, -0.2) is 30.5 Å². The van der Waals surface area contributed by atoms with E-state index in [0.717, 1.165) is 6.07 Å². The first-order chi connectivity index (χ1) is 9.77. The van der Waals surface area contributed by atoms with Gasteiger partial charge in [-0.15, -0.1) is 0 Å². The fourth-order valence-corrected chi connectivity index (χ4v) is 1.68. The number of carbonyl (C=O) groups is 1. The molecule has 0 bridgehead atoms. The van der Waals surface area contributed by atoms with Gasteiger partial charge in [-0.3, -0.25) is 4.79 Å². The zero-order valence-electron chi connectivity index (χ0n) is 11.6. The van der Waals surface area contributed by atoms with E-state index in [1.54, 1.807) is 0 Å². The number of amides is 1. The summed E-state index contributed by atoms with van der Waals surface area (Å²) in [6.45, 7) is 1.57. The van der Waals surface area contributed by atoms with Gasteiger partial charge in [-0.05, 0) is 19.1 Å². The van der Waals surface area contributed by atoms with E-state index >= 15 is 0 Å². The van der Waals surface area contributed by atoms with Gasteiger partial charge in [0.05, 0.1) is 18.1 Å². The largest absolute Gasteiger partial charge is 0.480 e. The smallest absolute Gasteiger partial charge is 0.419 e. The molecule has 0 aromatic heterocycles. The van der Waals surface area contributed by atoms with Crippen molar-refractivity contribution in [3.05, 3.63) is 29.8 Å². The molecule has 7 heteroatoms. The van der Waals surface area contributed by atoms with E-state index in [0.29, 0.717) is 0 Å². The molecule has 1 atom stereocenters. The third-order valence-corrected chi connectivity index (χ3v) is 2.78. The van der Waals surface area contributed by atoms with Crippen molar-refractivity contribution in [1.29, 1.82) is 5.26 Å². The van der Waals surface area contributed by atoms with Crippen LogP contribution in [0.25, 0.3) is 0 Å². The van der Waals surface area contributed by atoms with Gasteiger partial charge in [-0.1, -0.05) is 12.1 Å². The van der Waals surface area contributed by atoms with E-state index in [9.17, 15) is 18.0 Å². The Hall–Kier alpha value is -2.23. The molecule has 0 saturated carbocycles. The quantitative estimate of drug-likeness (QED) is 0.840. The molecule has 0 fully saturated rings. The third kappa shape index (κ3) is 4.67. The molecule has 1 rings (SSSR count). The van der Waals surface area contributed by atoms with Crippen LogP contribution in [0.1, 0.15) is 18.9 Å². The summed E-state index contributed by atoms with van der Waals surface area (Å²) in [7, 11) is 1.47. The first kappa shape index (κ1) is 16.8. The Morgan fingerprint density at radius 2 is 2.05 bits per heavy atom. The molecular weight excluding hydrogens is 285 g/mol. The van der Waals surface area contributed by atoms with Crippen molar-refractivity contribution in [2.24, 2.45) is 0 Å². The molecule has 4 nitrogen and oxygen atoms in total. The SMILES string of the molecule is C[C@H](Oc1ccccc1C(F)(F)F)C(=O)N(C)CCC#N. The minimum absolute atomic E-state index is 0.147. The maximum Gasteiger partial charge on any atom is 0.419 e. The van der Waals surface area contributed by atoms with Crippen LogP contribution in [0.4, 0.5) is 13.2 Å². The molecule has 0 heterocycles. The minimum atomic E-state index is -4.55. The molecule has 0 saturated heterocycles. The maximum absolute atomic E-state index is 12.8. The van der Waals surface area contributed by atoms with Crippen molar-refractivity contribution in [3.63, 3.8) is 0 Å². The molecule has 21 heavy (non-hydrogen) atoms. The number of halogens is 3. The van der Waals surface area contributed by atoms with Gasteiger partial charge >= 0.3 is 6.18 Å². The third-order valence-electron chi connectivity index (χ3n) is 2.78. The second-order valence-corrected chi connectivity index (χ2v) is 4.42. The summed E-state index contributed by atoms with van der Waals surface area (Å²) in [6, 6.07) is 6.61. The lowest BCUT2D eigenvalue weighted by atomic mass is 10.2. The lowest BCUT2D eigenvalue weighted by Gasteiger charge is -2.22. The van der Waals surface area contributed by atoms with Gasteiger partial charge in [-0.2, -0.15) is 18.4 Å². The monoisotopic (exact) mass is 300 g/mol. The number of carbonyl (C=O) groups excluding carboxylic acids is 1. The number of nitriles is 1. The zero-order chi connectivity index (χ0) is 16.0. The Labute approximate surface area is 120 Å². The van der Waals surface area contributed by atoms with E-state index in [1.807, 2.05) is 6.07 Å². The van der Waals surface area contributed by atoms with E-state index in [1.165, 1.54) is 37.1 Å². The van der Waals surface area contributed by atoms with E-state index in [4.69, 9.17) is 10.00 Å². The summed E-state index contributed by atoms with van der Waals surface area (Å²) in [6.07, 6.45) is -5.47. The predicted molar refractivity (Wildman–Crippen MR) is 69.4 cm³/mol. The van der Waals surface area contributed by atoms with Crippen LogP contribution < -0.4 is 4.74 Å². The van der Waals surface area contributed by atoms with E-state index in [-0.39, 0.29) is 18.7 Å². The van der Waals surface area contributed by atoms with Gasteiger partial charge in [0.1, 0.15) is 5.75 Å². The number of benzene rings is 1. The summed E-state index contributed by atoms with van der Waals surface area (Å²) >= 11 is 0. The molecule has 114 valence electrons. The average Bonchev–Trinajstić information content (AvgIpc) is 2.43. The van der Waals surface area contributed by atoms with Gasteiger partial charge in [0, 0.05) is 13.6 Å². The normalized spacial score (nSPS) is 12.4. The summed E-state index contributed by atoms with van der Waals surface area (Å²) < 4.78 is 43.6. The number of para-hydroxylation sites is 1. The highest BCUT2D eigenvalue weighted by atomic mass is 19.4. The first-order valence-electron chi connectivity index (χ1n) is 6.22. The maximum atomic E-state index is 12.8. The molecule has 0 radical (unpaired) electrons. The highest BCUT2D eigenvalue weighted by molar-refractivity contribution is 5.80. The Bertz CT molecular complexity index is 538. The summed E-state index contributed by atoms with van der Waals surface area (Å²) in [4.78, 5) is 13.2. The van der Waals surface area contributed by atoms with Crippen LogP contribution in [-0.2, 0) is 11.0 Å². The molecule has 0 aliphatic heterocycles. The van der Waals surface area contributed by atoms with Crippen molar-refractivity contribution in [2.75, 3.05) is 13.6 Å². The van der Waals surface area contributed by atoms with Gasteiger partial charge < -0.3 is 9.64 Å². The zero-order valence-corrected chi connectivity index (χ0v) is 11.6. The fraction of sp³-hybridized carbons (Fsp3) is 0.429. The number of nitrogens with zero attached hydrogens (tertiary/aromatic N) is 2. The molecule has 0 spiro atoms. The second-order valence-electron chi connectivity index (χ2n) is 4.42. The Kier molecular flexibility index (Phi) is 5.59. The van der Waals surface area contributed by atoms with Gasteiger partial charge in [0.15, 0.2) is 6.10 Å². The molecule has 0 unspecified atom stereocenters. The molecule has 1 amide bonds. The van der Waals surface area contributed by atoms with Crippen LogP contribution in [0.15, 0.2) is 24.3 Å². The van der Waals surface area contributed by atoms with Crippen molar-refractivity contribution < 1.29 is 22.7 Å². The summed E-state index contributed by atoms with van der Waals surface area (Å²) in [5.41, 5.74) is -0.927. The minimum Gasteiger partial charge on any atom is -0.480 e. The van der Waals surface area contributed by atoms with Crippen molar-refractivity contribution in [1.82, 2.24) is 4.90 Å². The van der Waals surface area contributed by atoms with Crippen LogP contribution >= 0.6 is 0 Å². The average molecular weight is 300 g/mol. The van der Waals surface area contributed by atoms with E-state index < -0.39 is 23.8 Å². The number of rotatable bonds is 5. The summed E-state index contributed by atoms with van der Waals surface area (Å²) in [5.74, 6) is -0.873.